The zero-order valence-corrected chi connectivity index (χ0v) is 15.2. The van der Waals surface area contributed by atoms with E-state index in [0.29, 0.717) is 0 Å². The molecule has 2 rings (SSSR count). The predicted octanol–water partition coefficient (Wildman–Crippen LogP) is 2.83. The number of carbonyl (C=O) groups excluding carboxylic acids is 1. The first-order chi connectivity index (χ1) is 12.6. The lowest BCUT2D eigenvalue weighted by Gasteiger charge is -2.21. The zero-order valence-electron chi connectivity index (χ0n) is 15.2. The molecule has 0 aromatic heterocycles. The van der Waals surface area contributed by atoms with Gasteiger partial charge in [-0.25, -0.2) is 0 Å². The van der Waals surface area contributed by atoms with Gasteiger partial charge in [-0.15, -0.1) is 0 Å². The molecule has 0 atom stereocenters. The van der Waals surface area contributed by atoms with Gasteiger partial charge in [-0.1, -0.05) is 30.3 Å². The average molecular weight is 362 g/mol. The van der Waals surface area contributed by atoms with E-state index in [-0.39, 0.29) is 41.8 Å². The number of benzene rings is 2. The van der Waals surface area contributed by atoms with Crippen LogP contribution in [-0.2, 0) is 11.3 Å². The molecule has 0 amide bonds. The highest BCUT2D eigenvalue weighted by atomic mass is 16.5. The molecule has 1 N–H and O–H groups in total. The van der Waals surface area contributed by atoms with Crippen LogP contribution in [0.3, 0.4) is 0 Å². The van der Waals surface area contributed by atoms with E-state index < -0.39 is 11.5 Å². The Morgan fingerprint density at radius 2 is 1.46 bits per heavy atom. The van der Waals surface area contributed by atoms with Crippen LogP contribution in [0.4, 0.5) is 0 Å². The second-order valence-electron chi connectivity index (χ2n) is 5.28. The number of ether oxygens (including phenoxy) is 5. The molecule has 140 valence electrons. The third-order valence-electron chi connectivity index (χ3n) is 3.69. The second kappa shape index (κ2) is 8.96. The summed E-state index contributed by atoms with van der Waals surface area (Å²) >= 11 is 0. The molecule has 0 radical (unpaired) electrons. The minimum Gasteiger partial charge on any atom is -0.504 e. The van der Waals surface area contributed by atoms with Crippen molar-refractivity contribution in [3.63, 3.8) is 0 Å². The van der Waals surface area contributed by atoms with Gasteiger partial charge >= 0.3 is 0 Å². The number of ketones is 1. The number of hydrogen-bond donors (Lipinski definition) is 1. The summed E-state index contributed by atoms with van der Waals surface area (Å²) in [6.07, 6.45) is 0. The number of aromatic hydroxyl groups is 1. The lowest BCUT2D eigenvalue weighted by Crippen LogP contribution is -2.12. The summed E-state index contributed by atoms with van der Waals surface area (Å²) < 4.78 is 26.6. The molecule has 2 aromatic carbocycles. The molecular weight excluding hydrogens is 340 g/mol. The largest absolute Gasteiger partial charge is 0.504 e. The summed E-state index contributed by atoms with van der Waals surface area (Å²) in [6.45, 7) is -0.0761. The topological polar surface area (TPSA) is 83.5 Å². The molecule has 2 aromatic rings. The maximum absolute atomic E-state index is 12.5. The Hall–Kier alpha value is -2.93. The molecule has 0 saturated heterocycles. The monoisotopic (exact) mass is 362 g/mol. The van der Waals surface area contributed by atoms with Gasteiger partial charge in [0.15, 0.2) is 17.3 Å². The van der Waals surface area contributed by atoms with Crippen LogP contribution in [0.5, 0.6) is 28.7 Å². The molecule has 0 saturated carbocycles. The van der Waals surface area contributed by atoms with Gasteiger partial charge in [0, 0.05) is 7.11 Å². The number of methoxy groups -OCH3 is 4. The quantitative estimate of drug-likeness (QED) is 0.687. The molecule has 0 fully saturated rings. The Labute approximate surface area is 152 Å². The molecule has 0 aliphatic heterocycles. The van der Waals surface area contributed by atoms with Crippen molar-refractivity contribution >= 4 is 5.78 Å². The Bertz CT molecular complexity index is 756. The number of phenolic OH excluding ortho intramolecular Hbond substituents is 1. The third kappa shape index (κ3) is 3.83. The first kappa shape index (κ1) is 19.4. The lowest BCUT2D eigenvalue weighted by molar-refractivity contribution is 0.0838. The molecule has 0 spiro atoms. The normalized spacial score (nSPS) is 10.3. The van der Waals surface area contributed by atoms with Gasteiger partial charge in [0.05, 0.1) is 21.3 Å². The van der Waals surface area contributed by atoms with Gasteiger partial charge in [0.25, 0.3) is 0 Å². The fourth-order valence-corrected chi connectivity index (χ4v) is 2.54. The fraction of sp³-hybridized carbons (Fsp3) is 0.316. The van der Waals surface area contributed by atoms with Crippen molar-refractivity contribution in [2.24, 2.45) is 0 Å². The summed E-state index contributed by atoms with van der Waals surface area (Å²) in [5.74, 6) is -0.547. The smallest absolute Gasteiger partial charge is 0.211 e. The number of rotatable bonds is 9. The van der Waals surface area contributed by atoms with Crippen LogP contribution < -0.4 is 18.9 Å². The van der Waals surface area contributed by atoms with Crippen molar-refractivity contribution < 1.29 is 33.6 Å². The molecular formula is C19H22O7. The van der Waals surface area contributed by atoms with E-state index in [1.807, 2.05) is 30.3 Å². The molecule has 0 aliphatic rings. The van der Waals surface area contributed by atoms with Crippen molar-refractivity contribution in [1.82, 2.24) is 0 Å². The van der Waals surface area contributed by atoms with Crippen LogP contribution in [0.15, 0.2) is 30.3 Å². The third-order valence-corrected chi connectivity index (χ3v) is 3.69. The minimum atomic E-state index is -0.479. The highest BCUT2D eigenvalue weighted by molar-refractivity contribution is 6.04. The average Bonchev–Trinajstić information content (AvgIpc) is 2.66. The maximum atomic E-state index is 12.5. The van der Waals surface area contributed by atoms with E-state index >= 15 is 0 Å². The second-order valence-corrected chi connectivity index (χ2v) is 5.28. The van der Waals surface area contributed by atoms with Crippen LogP contribution in [0.25, 0.3) is 0 Å². The molecule has 0 bridgehead atoms. The minimum absolute atomic E-state index is 0.0177. The first-order valence-corrected chi connectivity index (χ1v) is 7.82. The van der Waals surface area contributed by atoms with Crippen LogP contribution in [0.2, 0.25) is 0 Å². The summed E-state index contributed by atoms with van der Waals surface area (Å²) in [7, 11) is 5.55. The summed E-state index contributed by atoms with van der Waals surface area (Å²) in [4.78, 5) is 12.5. The molecule has 0 heterocycles. The molecule has 0 aliphatic carbocycles. The van der Waals surface area contributed by atoms with Crippen molar-refractivity contribution in [1.29, 1.82) is 0 Å². The van der Waals surface area contributed by atoms with Crippen molar-refractivity contribution in [2.75, 3.05) is 35.0 Å². The van der Waals surface area contributed by atoms with Crippen LogP contribution in [0, 0.1) is 0 Å². The maximum Gasteiger partial charge on any atom is 0.211 e. The zero-order chi connectivity index (χ0) is 19.1. The molecule has 7 nitrogen and oxygen atoms in total. The predicted molar refractivity (Wildman–Crippen MR) is 94.7 cm³/mol. The van der Waals surface area contributed by atoms with E-state index in [2.05, 4.69) is 0 Å². The number of phenols is 1. The van der Waals surface area contributed by atoms with Crippen LogP contribution in [-0.4, -0.2) is 45.9 Å². The van der Waals surface area contributed by atoms with E-state index in [1.165, 1.54) is 28.4 Å². The standard InChI is InChI=1S/C19H22O7/c1-22-11-13(20)14-15(21)17(23-2)19(25-4)18(24-3)16(14)26-10-12-8-6-5-7-9-12/h5-9,21H,10-11H2,1-4H3. The van der Waals surface area contributed by atoms with Crippen LogP contribution in [0.1, 0.15) is 15.9 Å². The van der Waals surface area contributed by atoms with Gasteiger partial charge in [-0.3, -0.25) is 4.79 Å². The van der Waals surface area contributed by atoms with Gasteiger partial charge in [-0.05, 0) is 5.56 Å². The summed E-state index contributed by atoms with van der Waals surface area (Å²) in [5.41, 5.74) is 0.797. The van der Waals surface area contributed by atoms with Gasteiger partial charge in [0.2, 0.25) is 17.2 Å². The van der Waals surface area contributed by atoms with Gasteiger partial charge in [0.1, 0.15) is 18.8 Å². The summed E-state index contributed by atoms with van der Waals surface area (Å²) in [6, 6.07) is 9.39. The molecule has 7 heteroatoms. The summed E-state index contributed by atoms with van der Waals surface area (Å²) in [5, 5.41) is 10.6. The number of Topliss-reactive ketones (excluding diaryl/α,β-unsaturated/α-hetero) is 1. The SMILES string of the molecule is COCC(=O)c1c(O)c(OC)c(OC)c(OC)c1OCc1ccccc1. The van der Waals surface area contributed by atoms with E-state index in [0.717, 1.165) is 5.56 Å². The Morgan fingerprint density at radius 3 is 2.00 bits per heavy atom. The van der Waals surface area contributed by atoms with E-state index in [9.17, 15) is 9.90 Å². The Kier molecular flexibility index (Phi) is 6.68. The first-order valence-electron chi connectivity index (χ1n) is 7.82. The lowest BCUT2D eigenvalue weighted by atomic mass is 10.1. The fourth-order valence-electron chi connectivity index (χ4n) is 2.54. The number of hydrogen-bond acceptors (Lipinski definition) is 7. The molecule has 0 unspecified atom stereocenters. The van der Waals surface area contributed by atoms with Crippen molar-refractivity contribution in [3.8, 4) is 28.7 Å². The number of carbonyl (C=O) groups is 1. The van der Waals surface area contributed by atoms with E-state index in [1.54, 1.807) is 0 Å². The Balaban J connectivity index is 2.60. The van der Waals surface area contributed by atoms with E-state index in [4.69, 9.17) is 23.7 Å². The van der Waals surface area contributed by atoms with Gasteiger partial charge in [-0.2, -0.15) is 0 Å². The van der Waals surface area contributed by atoms with Crippen molar-refractivity contribution in [2.45, 2.75) is 6.61 Å². The molecule has 26 heavy (non-hydrogen) atoms. The van der Waals surface area contributed by atoms with Crippen molar-refractivity contribution in [3.05, 3.63) is 41.5 Å². The highest BCUT2D eigenvalue weighted by Gasteiger charge is 2.31. The Morgan fingerprint density at radius 1 is 0.885 bits per heavy atom. The van der Waals surface area contributed by atoms with Crippen LogP contribution >= 0.6 is 0 Å². The highest BCUT2D eigenvalue weighted by Crippen LogP contribution is 2.53. The van der Waals surface area contributed by atoms with Gasteiger partial charge < -0.3 is 28.8 Å².